The Kier molecular flexibility index (Phi) is 3.42. The van der Waals surface area contributed by atoms with Gasteiger partial charge in [0.05, 0.1) is 16.7 Å². The number of carbonyl (C=O) groups excluding carboxylic acids is 3. The van der Waals surface area contributed by atoms with Crippen LogP contribution in [0.2, 0.25) is 0 Å². The number of imide groups is 1. The lowest BCUT2D eigenvalue weighted by Crippen LogP contribution is -2.33. The molecule has 0 atom stereocenters. The van der Waals surface area contributed by atoms with Crippen molar-refractivity contribution in [3.63, 3.8) is 0 Å². The summed E-state index contributed by atoms with van der Waals surface area (Å²) in [7, 11) is 0. The summed E-state index contributed by atoms with van der Waals surface area (Å²) in [5.41, 5.74) is 0.702. The van der Waals surface area contributed by atoms with Gasteiger partial charge in [-0.05, 0) is 36.4 Å². The number of rotatable bonds is 3. The molecule has 2 amide bonds. The molecule has 22 heavy (non-hydrogen) atoms. The minimum atomic E-state index is -0.739. The predicted molar refractivity (Wildman–Crippen MR) is 73.6 cm³/mol. The molecule has 0 spiro atoms. The van der Waals surface area contributed by atoms with Gasteiger partial charge in [0.1, 0.15) is 5.82 Å². The minimum absolute atomic E-state index is 0.137. The van der Waals surface area contributed by atoms with E-state index in [4.69, 9.17) is 4.74 Å². The van der Waals surface area contributed by atoms with E-state index in [0.29, 0.717) is 0 Å². The van der Waals surface area contributed by atoms with Crippen molar-refractivity contribution in [1.82, 2.24) is 4.90 Å². The zero-order valence-electron chi connectivity index (χ0n) is 11.3. The molecule has 2 aromatic rings. The Morgan fingerprint density at radius 3 is 2.05 bits per heavy atom. The highest BCUT2D eigenvalue weighted by Gasteiger charge is 2.35. The van der Waals surface area contributed by atoms with E-state index in [1.807, 2.05) is 0 Å². The third kappa shape index (κ3) is 2.35. The lowest BCUT2D eigenvalue weighted by atomic mass is 10.1. The molecule has 0 bridgehead atoms. The Balaban J connectivity index is 1.70. The minimum Gasteiger partial charge on any atom is -0.440 e. The Hall–Kier alpha value is -3.02. The Bertz CT molecular complexity index is 735. The average molecular weight is 299 g/mol. The van der Waals surface area contributed by atoms with Gasteiger partial charge in [0.25, 0.3) is 11.8 Å². The smallest absolute Gasteiger partial charge is 0.339 e. The fourth-order valence-electron chi connectivity index (χ4n) is 2.15. The summed E-state index contributed by atoms with van der Waals surface area (Å²) in [5.74, 6) is -2.23. The van der Waals surface area contributed by atoms with Crippen LogP contribution in [-0.4, -0.2) is 29.4 Å². The second kappa shape index (κ2) is 5.40. The second-order valence-corrected chi connectivity index (χ2v) is 4.65. The monoisotopic (exact) mass is 299 g/mol. The fraction of sp³-hybridized carbons (Fsp3) is 0.0625. The number of carbonyl (C=O) groups is 3. The summed E-state index contributed by atoms with van der Waals surface area (Å²) in [6.07, 6.45) is 0. The van der Waals surface area contributed by atoms with Crippen molar-refractivity contribution in [2.75, 3.05) is 6.73 Å². The van der Waals surface area contributed by atoms with Crippen LogP contribution in [0.5, 0.6) is 0 Å². The van der Waals surface area contributed by atoms with Gasteiger partial charge in [-0.15, -0.1) is 0 Å². The van der Waals surface area contributed by atoms with E-state index in [9.17, 15) is 18.8 Å². The molecule has 0 fully saturated rings. The average Bonchev–Trinajstić information content (AvgIpc) is 2.78. The van der Waals surface area contributed by atoms with Crippen LogP contribution < -0.4 is 0 Å². The van der Waals surface area contributed by atoms with Crippen molar-refractivity contribution in [1.29, 1.82) is 0 Å². The Morgan fingerprint density at radius 2 is 1.50 bits per heavy atom. The normalized spacial score (nSPS) is 13.2. The molecule has 0 radical (unpaired) electrons. The summed E-state index contributed by atoms with van der Waals surface area (Å²) >= 11 is 0. The maximum Gasteiger partial charge on any atom is 0.339 e. The summed E-state index contributed by atoms with van der Waals surface area (Å²) < 4.78 is 17.7. The number of nitrogens with zero attached hydrogens (tertiary/aromatic N) is 1. The zero-order chi connectivity index (χ0) is 15.7. The summed E-state index contributed by atoms with van der Waals surface area (Å²) in [4.78, 5) is 36.8. The van der Waals surface area contributed by atoms with Gasteiger partial charge in [-0.1, -0.05) is 12.1 Å². The predicted octanol–water partition coefficient (Wildman–Crippen LogP) is 2.24. The highest BCUT2D eigenvalue weighted by Crippen LogP contribution is 2.22. The first kappa shape index (κ1) is 13.9. The number of hydrogen-bond acceptors (Lipinski definition) is 4. The van der Waals surface area contributed by atoms with Crippen LogP contribution in [-0.2, 0) is 4.74 Å². The van der Waals surface area contributed by atoms with Crippen LogP contribution >= 0.6 is 0 Å². The van der Waals surface area contributed by atoms with Crippen molar-refractivity contribution in [3.05, 3.63) is 71.0 Å². The molecule has 2 aromatic carbocycles. The lowest BCUT2D eigenvalue weighted by Gasteiger charge is -2.13. The van der Waals surface area contributed by atoms with E-state index in [1.165, 1.54) is 24.3 Å². The first-order chi connectivity index (χ1) is 10.6. The van der Waals surface area contributed by atoms with Crippen molar-refractivity contribution in [3.8, 4) is 0 Å². The molecular weight excluding hydrogens is 289 g/mol. The SMILES string of the molecule is O=C(OCN1C(=O)c2ccccc2C1=O)c1ccc(F)cc1. The molecule has 1 heterocycles. The van der Waals surface area contributed by atoms with Gasteiger partial charge >= 0.3 is 5.97 Å². The van der Waals surface area contributed by atoms with Gasteiger partial charge in [-0.3, -0.25) is 9.59 Å². The molecule has 1 aliphatic heterocycles. The van der Waals surface area contributed by atoms with Crippen LogP contribution in [0.15, 0.2) is 48.5 Å². The number of hydrogen-bond donors (Lipinski definition) is 0. The summed E-state index contributed by atoms with van der Waals surface area (Å²) in [6.45, 7) is -0.484. The van der Waals surface area contributed by atoms with E-state index in [1.54, 1.807) is 12.1 Å². The molecule has 1 aliphatic rings. The highest BCUT2D eigenvalue weighted by molar-refractivity contribution is 6.21. The van der Waals surface area contributed by atoms with E-state index in [0.717, 1.165) is 17.0 Å². The quantitative estimate of drug-likeness (QED) is 0.644. The first-order valence-corrected chi connectivity index (χ1v) is 6.46. The Labute approximate surface area is 124 Å². The van der Waals surface area contributed by atoms with E-state index in [2.05, 4.69) is 0 Å². The molecule has 0 N–H and O–H groups in total. The molecule has 110 valence electrons. The standard InChI is InChI=1S/C16H10FNO4/c17-11-7-5-10(6-8-11)16(21)22-9-18-14(19)12-3-1-2-4-13(12)15(18)20/h1-8H,9H2. The fourth-order valence-corrected chi connectivity index (χ4v) is 2.15. The molecule has 3 rings (SSSR count). The zero-order valence-corrected chi connectivity index (χ0v) is 11.3. The third-order valence-electron chi connectivity index (χ3n) is 3.28. The topological polar surface area (TPSA) is 63.7 Å². The first-order valence-electron chi connectivity index (χ1n) is 6.46. The van der Waals surface area contributed by atoms with E-state index >= 15 is 0 Å². The van der Waals surface area contributed by atoms with Gasteiger partial charge in [0, 0.05) is 0 Å². The molecule has 0 aromatic heterocycles. The number of esters is 1. The van der Waals surface area contributed by atoms with E-state index < -0.39 is 30.3 Å². The second-order valence-electron chi connectivity index (χ2n) is 4.65. The maximum absolute atomic E-state index is 12.8. The highest BCUT2D eigenvalue weighted by atomic mass is 19.1. The van der Waals surface area contributed by atoms with Gasteiger partial charge < -0.3 is 4.74 Å². The maximum atomic E-state index is 12.8. The molecule has 5 nitrogen and oxygen atoms in total. The number of halogens is 1. The van der Waals surface area contributed by atoms with Crippen molar-refractivity contribution >= 4 is 17.8 Å². The van der Waals surface area contributed by atoms with E-state index in [-0.39, 0.29) is 16.7 Å². The molecule has 0 unspecified atom stereocenters. The van der Waals surface area contributed by atoms with Crippen LogP contribution in [0, 0.1) is 5.82 Å². The molecule has 0 saturated carbocycles. The molecule has 6 heteroatoms. The number of benzene rings is 2. The number of ether oxygens (including phenoxy) is 1. The van der Waals surface area contributed by atoms with Gasteiger partial charge in [-0.2, -0.15) is 0 Å². The lowest BCUT2D eigenvalue weighted by molar-refractivity contribution is 0.0228. The van der Waals surface area contributed by atoms with Crippen molar-refractivity contribution < 1.29 is 23.5 Å². The summed E-state index contributed by atoms with van der Waals surface area (Å²) in [5, 5.41) is 0. The van der Waals surface area contributed by atoms with Crippen molar-refractivity contribution in [2.45, 2.75) is 0 Å². The number of fused-ring (bicyclic) bond motifs is 1. The van der Waals surface area contributed by atoms with Crippen LogP contribution in [0.25, 0.3) is 0 Å². The van der Waals surface area contributed by atoms with Gasteiger partial charge in [0.15, 0.2) is 6.73 Å². The number of amides is 2. The molecule has 0 aliphatic carbocycles. The largest absolute Gasteiger partial charge is 0.440 e. The molecule has 0 saturated heterocycles. The molecular formula is C16H10FNO4. The van der Waals surface area contributed by atoms with Gasteiger partial charge in [-0.25, -0.2) is 14.1 Å². The van der Waals surface area contributed by atoms with Crippen molar-refractivity contribution in [2.24, 2.45) is 0 Å². The van der Waals surface area contributed by atoms with Crippen LogP contribution in [0.1, 0.15) is 31.1 Å². The Morgan fingerprint density at radius 1 is 0.955 bits per heavy atom. The summed E-state index contributed by atoms with van der Waals surface area (Å²) in [6, 6.07) is 11.2. The van der Waals surface area contributed by atoms with Gasteiger partial charge in [0.2, 0.25) is 0 Å². The van der Waals surface area contributed by atoms with Crippen LogP contribution in [0.3, 0.4) is 0 Å². The van der Waals surface area contributed by atoms with Crippen LogP contribution in [0.4, 0.5) is 4.39 Å². The third-order valence-corrected chi connectivity index (χ3v) is 3.28.